The monoisotopic (exact) mass is 493 g/mol. The number of hydrogen-bond acceptors (Lipinski definition) is 9. The Hall–Kier alpha value is -2.36. The number of carbonyl (C=O) groups is 2. The van der Waals surface area contributed by atoms with Gasteiger partial charge in [0.1, 0.15) is 11.5 Å². The lowest BCUT2D eigenvalue weighted by atomic mass is 10.2. The average Bonchev–Trinajstić information content (AvgIpc) is 2.85. The van der Waals surface area contributed by atoms with Gasteiger partial charge in [0.25, 0.3) is 0 Å². The molecular formula is C24H31NO6S2. The summed E-state index contributed by atoms with van der Waals surface area (Å²) in [6.07, 6.45) is 1.27. The van der Waals surface area contributed by atoms with Crippen molar-refractivity contribution < 1.29 is 28.5 Å². The molecule has 1 N–H and O–H groups in total. The van der Waals surface area contributed by atoms with Crippen LogP contribution >= 0.6 is 25.3 Å². The summed E-state index contributed by atoms with van der Waals surface area (Å²) in [6.45, 7) is 3.12. The second-order valence-electron chi connectivity index (χ2n) is 7.05. The molecule has 7 nitrogen and oxygen atoms in total. The minimum absolute atomic E-state index is 0.0918. The van der Waals surface area contributed by atoms with E-state index < -0.39 is 0 Å². The first-order valence-corrected chi connectivity index (χ1v) is 12.0. The number of hydrogen-bond donors (Lipinski definition) is 3. The molecular weight excluding hydrogens is 462 g/mol. The van der Waals surface area contributed by atoms with Crippen molar-refractivity contribution in [1.29, 1.82) is 0 Å². The Kier molecular flexibility index (Phi) is 13.3. The summed E-state index contributed by atoms with van der Waals surface area (Å²) < 4.78 is 21.2. The topological polar surface area (TPSA) is 83.1 Å². The number of rotatable bonds is 16. The van der Waals surface area contributed by atoms with Crippen LogP contribution in [0.5, 0.6) is 11.5 Å². The van der Waals surface area contributed by atoms with Crippen LogP contribution in [0.4, 0.5) is 0 Å². The number of ether oxygens (including phenoxy) is 4. The molecule has 0 saturated carbocycles. The van der Waals surface area contributed by atoms with Gasteiger partial charge >= 0.3 is 11.9 Å². The largest absolute Gasteiger partial charge is 0.493 e. The van der Waals surface area contributed by atoms with Crippen molar-refractivity contribution in [2.24, 2.45) is 0 Å². The molecule has 33 heavy (non-hydrogen) atoms. The fraction of sp³-hybridized carbons (Fsp3) is 0.417. The second kappa shape index (κ2) is 16.3. The lowest BCUT2D eigenvalue weighted by Crippen LogP contribution is -2.12. The maximum Gasteiger partial charge on any atom is 0.315 e. The van der Waals surface area contributed by atoms with Crippen LogP contribution < -0.4 is 14.8 Å². The standard InChI is InChI=1S/C24H31NO6S2/c26-23(17-32)30-13-1-11-28-21-7-3-19(4-8-21)15-25-16-20-5-9-22(10-6-20)29-12-2-14-31-24(27)18-33/h3-10,25,32-33H,1-2,11-18H2. The van der Waals surface area contributed by atoms with Crippen LogP contribution in [-0.4, -0.2) is 49.9 Å². The predicted octanol–water partition coefficient (Wildman–Crippen LogP) is 3.46. The molecule has 0 aliphatic heterocycles. The van der Waals surface area contributed by atoms with Gasteiger partial charge in [-0.05, 0) is 35.4 Å². The zero-order valence-electron chi connectivity index (χ0n) is 18.5. The highest BCUT2D eigenvalue weighted by atomic mass is 32.1. The minimum Gasteiger partial charge on any atom is -0.493 e. The normalized spacial score (nSPS) is 10.5. The van der Waals surface area contributed by atoms with E-state index in [2.05, 4.69) is 30.6 Å². The van der Waals surface area contributed by atoms with Gasteiger partial charge in [0, 0.05) is 25.9 Å². The maximum atomic E-state index is 11.0. The predicted molar refractivity (Wildman–Crippen MR) is 133 cm³/mol. The van der Waals surface area contributed by atoms with E-state index in [9.17, 15) is 9.59 Å². The van der Waals surface area contributed by atoms with Crippen LogP contribution in [0, 0.1) is 0 Å². The molecule has 9 heteroatoms. The van der Waals surface area contributed by atoms with Gasteiger partial charge in [-0.15, -0.1) is 0 Å². The van der Waals surface area contributed by atoms with Crippen LogP contribution in [0.1, 0.15) is 24.0 Å². The van der Waals surface area contributed by atoms with Crippen LogP contribution in [-0.2, 0) is 32.2 Å². The molecule has 0 amide bonds. The summed E-state index contributed by atoms with van der Waals surface area (Å²) in [6, 6.07) is 15.8. The highest BCUT2D eigenvalue weighted by molar-refractivity contribution is 7.81. The highest BCUT2D eigenvalue weighted by Gasteiger charge is 2.01. The van der Waals surface area contributed by atoms with Gasteiger partial charge in [-0.3, -0.25) is 9.59 Å². The van der Waals surface area contributed by atoms with E-state index in [1.54, 1.807) is 0 Å². The Morgan fingerprint density at radius 2 is 1.03 bits per heavy atom. The average molecular weight is 494 g/mol. The molecule has 0 aliphatic carbocycles. The van der Waals surface area contributed by atoms with Crippen molar-refractivity contribution in [3.05, 3.63) is 59.7 Å². The van der Waals surface area contributed by atoms with Crippen molar-refractivity contribution in [3.8, 4) is 11.5 Å². The molecule has 0 unspecified atom stereocenters. The zero-order valence-corrected chi connectivity index (χ0v) is 20.3. The summed E-state index contributed by atoms with van der Waals surface area (Å²) in [5.41, 5.74) is 2.31. The van der Waals surface area contributed by atoms with Crippen molar-refractivity contribution in [2.45, 2.75) is 25.9 Å². The molecule has 0 fully saturated rings. The molecule has 2 rings (SSSR count). The van der Waals surface area contributed by atoms with Crippen LogP contribution in [0.2, 0.25) is 0 Å². The first-order chi connectivity index (χ1) is 16.1. The van der Waals surface area contributed by atoms with Gasteiger partial charge in [-0.1, -0.05) is 24.3 Å². The summed E-state index contributed by atoms with van der Waals surface area (Å²) in [5.74, 6) is 1.12. The minimum atomic E-state index is -0.319. The summed E-state index contributed by atoms with van der Waals surface area (Å²) in [4.78, 5) is 22.0. The lowest BCUT2D eigenvalue weighted by Gasteiger charge is -2.10. The Bertz CT molecular complexity index is 760. The van der Waals surface area contributed by atoms with E-state index >= 15 is 0 Å². The first-order valence-electron chi connectivity index (χ1n) is 10.8. The molecule has 0 spiro atoms. The van der Waals surface area contributed by atoms with E-state index in [4.69, 9.17) is 18.9 Å². The Labute approximate surface area is 206 Å². The van der Waals surface area contributed by atoms with Crippen molar-refractivity contribution >= 4 is 37.2 Å². The van der Waals surface area contributed by atoms with Crippen LogP contribution in [0.15, 0.2) is 48.5 Å². The maximum absolute atomic E-state index is 11.0. The first kappa shape index (κ1) is 26.9. The molecule has 2 aromatic carbocycles. The van der Waals surface area contributed by atoms with Gasteiger partial charge in [0.05, 0.1) is 37.9 Å². The quantitative estimate of drug-likeness (QED) is 0.188. The smallest absolute Gasteiger partial charge is 0.315 e. The molecule has 2 aromatic rings. The fourth-order valence-electron chi connectivity index (χ4n) is 2.72. The molecule has 0 saturated heterocycles. The van der Waals surface area contributed by atoms with E-state index in [0.29, 0.717) is 39.3 Å². The van der Waals surface area contributed by atoms with Gasteiger partial charge in [0.2, 0.25) is 0 Å². The molecule has 180 valence electrons. The molecule has 0 atom stereocenters. The Morgan fingerprint density at radius 1 is 0.636 bits per heavy atom. The lowest BCUT2D eigenvalue weighted by molar-refractivity contribution is -0.141. The number of carbonyl (C=O) groups excluding carboxylic acids is 2. The fourth-order valence-corrected chi connectivity index (χ4v) is 2.90. The van der Waals surface area contributed by atoms with Crippen LogP contribution in [0.3, 0.4) is 0 Å². The number of nitrogens with one attached hydrogen (secondary N) is 1. The van der Waals surface area contributed by atoms with Gasteiger partial charge in [-0.2, -0.15) is 25.3 Å². The third-order valence-corrected chi connectivity index (χ3v) is 4.92. The Morgan fingerprint density at radius 3 is 1.39 bits per heavy atom. The number of benzene rings is 2. The van der Waals surface area contributed by atoms with Gasteiger partial charge in [-0.25, -0.2) is 0 Å². The van der Waals surface area contributed by atoms with E-state index in [0.717, 1.165) is 35.7 Å². The highest BCUT2D eigenvalue weighted by Crippen LogP contribution is 2.14. The van der Waals surface area contributed by atoms with Gasteiger partial charge in [0.15, 0.2) is 0 Å². The molecule has 0 heterocycles. The van der Waals surface area contributed by atoms with Crippen molar-refractivity contribution in [3.63, 3.8) is 0 Å². The van der Waals surface area contributed by atoms with Gasteiger partial charge < -0.3 is 24.3 Å². The number of thiol groups is 2. The second-order valence-corrected chi connectivity index (χ2v) is 7.69. The summed E-state index contributed by atoms with van der Waals surface area (Å²) in [5, 5.41) is 3.42. The van der Waals surface area contributed by atoms with Crippen LogP contribution in [0.25, 0.3) is 0 Å². The molecule has 0 bridgehead atoms. The summed E-state index contributed by atoms with van der Waals surface area (Å²) in [7, 11) is 0. The zero-order chi connectivity index (χ0) is 23.7. The molecule has 0 aromatic heterocycles. The van der Waals surface area contributed by atoms with Crippen molar-refractivity contribution in [2.75, 3.05) is 37.9 Å². The molecule has 0 radical (unpaired) electrons. The number of esters is 2. The molecule has 0 aliphatic rings. The summed E-state index contributed by atoms with van der Waals surface area (Å²) >= 11 is 7.70. The third kappa shape index (κ3) is 11.9. The van der Waals surface area contributed by atoms with E-state index in [-0.39, 0.29) is 23.4 Å². The van der Waals surface area contributed by atoms with E-state index in [1.165, 1.54) is 0 Å². The third-order valence-electron chi connectivity index (χ3n) is 4.40. The van der Waals surface area contributed by atoms with E-state index in [1.807, 2.05) is 48.5 Å². The SMILES string of the molecule is O=C(CS)OCCCOc1ccc(CNCc2ccc(OCCCOC(=O)CS)cc2)cc1. The Balaban J connectivity index is 1.58. The van der Waals surface area contributed by atoms with Crippen molar-refractivity contribution in [1.82, 2.24) is 5.32 Å².